The number of aryl methyl sites for hydroxylation is 2. The van der Waals surface area contributed by atoms with Gasteiger partial charge >= 0.3 is 0 Å². The predicted octanol–water partition coefficient (Wildman–Crippen LogP) is 4.27. The summed E-state index contributed by atoms with van der Waals surface area (Å²) in [6.07, 6.45) is 0.793. The Balaban J connectivity index is 2.31. The van der Waals surface area contributed by atoms with Gasteiger partial charge in [-0.1, -0.05) is 18.5 Å². The van der Waals surface area contributed by atoms with Crippen molar-refractivity contribution >= 4 is 11.6 Å². The molecule has 0 aliphatic rings. The molecule has 0 unspecified atom stereocenters. The van der Waals surface area contributed by atoms with Crippen molar-refractivity contribution in [2.45, 2.75) is 20.3 Å². The first-order valence-corrected chi connectivity index (χ1v) is 6.36. The van der Waals surface area contributed by atoms with E-state index in [4.69, 9.17) is 21.6 Å². The molecule has 96 valence electrons. The van der Waals surface area contributed by atoms with Crippen molar-refractivity contribution in [2.75, 3.05) is 0 Å². The first kappa shape index (κ1) is 13.4. The lowest BCUT2D eigenvalue weighted by Gasteiger charge is -2.10. The number of nitrogens with zero attached hydrogens (tertiary/aromatic N) is 2. The zero-order valence-corrected chi connectivity index (χ0v) is 11.5. The van der Waals surface area contributed by atoms with Gasteiger partial charge in [-0.3, -0.25) is 4.98 Å². The molecule has 0 atom stereocenters. The van der Waals surface area contributed by atoms with E-state index in [0.29, 0.717) is 22.1 Å². The van der Waals surface area contributed by atoms with Gasteiger partial charge in [-0.2, -0.15) is 5.26 Å². The van der Waals surface area contributed by atoms with Crippen molar-refractivity contribution in [3.63, 3.8) is 0 Å². The first-order chi connectivity index (χ1) is 9.13. The average Bonchev–Trinajstić information content (AvgIpc) is 2.41. The van der Waals surface area contributed by atoms with E-state index in [9.17, 15) is 0 Å². The number of pyridine rings is 1. The van der Waals surface area contributed by atoms with E-state index >= 15 is 0 Å². The van der Waals surface area contributed by atoms with Crippen LogP contribution in [0.2, 0.25) is 5.02 Å². The van der Waals surface area contributed by atoms with Crippen LogP contribution in [0.25, 0.3) is 0 Å². The zero-order chi connectivity index (χ0) is 13.8. The van der Waals surface area contributed by atoms with E-state index < -0.39 is 0 Å². The van der Waals surface area contributed by atoms with Crippen molar-refractivity contribution in [3.05, 3.63) is 52.3 Å². The van der Waals surface area contributed by atoms with E-state index in [-0.39, 0.29) is 0 Å². The Kier molecular flexibility index (Phi) is 4.03. The van der Waals surface area contributed by atoms with Crippen molar-refractivity contribution in [3.8, 4) is 17.6 Å². The third kappa shape index (κ3) is 3.04. The van der Waals surface area contributed by atoms with E-state index in [1.807, 2.05) is 32.0 Å². The molecule has 19 heavy (non-hydrogen) atoms. The Bertz CT molecular complexity index is 647. The van der Waals surface area contributed by atoms with Crippen molar-refractivity contribution in [1.82, 2.24) is 4.98 Å². The van der Waals surface area contributed by atoms with E-state index in [0.717, 1.165) is 17.8 Å². The Morgan fingerprint density at radius 3 is 2.74 bits per heavy atom. The molecule has 0 spiro atoms. The Morgan fingerprint density at radius 2 is 2.11 bits per heavy atom. The van der Waals surface area contributed by atoms with Gasteiger partial charge in [0.1, 0.15) is 17.6 Å². The predicted molar refractivity (Wildman–Crippen MR) is 74.6 cm³/mol. The lowest BCUT2D eigenvalue weighted by atomic mass is 10.2. The Labute approximate surface area is 117 Å². The molecule has 1 aromatic carbocycles. The van der Waals surface area contributed by atoms with Gasteiger partial charge in [-0.15, -0.1) is 0 Å². The molecule has 0 fully saturated rings. The third-order valence-corrected chi connectivity index (χ3v) is 3.01. The molecule has 0 saturated carbocycles. The summed E-state index contributed by atoms with van der Waals surface area (Å²) < 4.78 is 5.78. The number of rotatable bonds is 3. The highest BCUT2D eigenvalue weighted by molar-refractivity contribution is 6.31. The maximum absolute atomic E-state index is 8.83. The molecule has 0 aliphatic heterocycles. The van der Waals surface area contributed by atoms with Crippen LogP contribution in [0.3, 0.4) is 0 Å². The summed E-state index contributed by atoms with van der Waals surface area (Å²) in [4.78, 5) is 4.43. The van der Waals surface area contributed by atoms with Crippen LogP contribution in [0.5, 0.6) is 11.5 Å². The molecule has 0 N–H and O–H groups in total. The second-order valence-corrected chi connectivity index (χ2v) is 4.51. The minimum atomic E-state index is 0.387. The SMILES string of the molecule is CCc1nc(C)ccc1Oc1ccc(C#N)c(Cl)c1. The molecule has 2 rings (SSSR count). The van der Waals surface area contributed by atoms with Crippen LogP contribution in [-0.4, -0.2) is 4.98 Å². The summed E-state index contributed by atoms with van der Waals surface area (Å²) in [6.45, 7) is 3.97. The second-order valence-electron chi connectivity index (χ2n) is 4.11. The molecule has 1 aromatic heterocycles. The lowest BCUT2D eigenvalue weighted by Crippen LogP contribution is -1.95. The molecule has 1 heterocycles. The summed E-state index contributed by atoms with van der Waals surface area (Å²) in [7, 11) is 0. The van der Waals surface area contributed by atoms with E-state index in [1.54, 1.807) is 18.2 Å². The molecule has 4 heteroatoms. The first-order valence-electron chi connectivity index (χ1n) is 5.98. The van der Waals surface area contributed by atoms with Crippen LogP contribution >= 0.6 is 11.6 Å². The molecule has 0 saturated heterocycles. The number of benzene rings is 1. The Morgan fingerprint density at radius 1 is 1.32 bits per heavy atom. The fourth-order valence-electron chi connectivity index (χ4n) is 1.72. The highest BCUT2D eigenvalue weighted by Gasteiger charge is 2.07. The lowest BCUT2D eigenvalue weighted by molar-refractivity contribution is 0.473. The molecule has 0 aliphatic carbocycles. The molecular formula is C15H13ClN2O. The van der Waals surface area contributed by atoms with Gasteiger partial charge in [0.2, 0.25) is 0 Å². The van der Waals surface area contributed by atoms with Crippen molar-refractivity contribution in [1.29, 1.82) is 5.26 Å². The smallest absolute Gasteiger partial charge is 0.148 e. The van der Waals surface area contributed by atoms with Crippen LogP contribution in [0, 0.1) is 18.3 Å². The van der Waals surface area contributed by atoms with Crippen LogP contribution < -0.4 is 4.74 Å². The highest BCUT2D eigenvalue weighted by atomic mass is 35.5. The maximum atomic E-state index is 8.83. The van der Waals surface area contributed by atoms with Crippen LogP contribution in [0.1, 0.15) is 23.9 Å². The molecule has 0 amide bonds. The van der Waals surface area contributed by atoms with E-state index in [2.05, 4.69) is 4.98 Å². The fraction of sp³-hybridized carbons (Fsp3) is 0.200. The Hall–Kier alpha value is -2.05. The van der Waals surface area contributed by atoms with Gasteiger partial charge in [-0.25, -0.2) is 0 Å². The maximum Gasteiger partial charge on any atom is 0.148 e. The second kappa shape index (κ2) is 5.73. The summed E-state index contributed by atoms with van der Waals surface area (Å²) in [6, 6.07) is 10.8. The number of halogens is 1. The summed E-state index contributed by atoms with van der Waals surface area (Å²) in [5, 5.41) is 9.21. The zero-order valence-electron chi connectivity index (χ0n) is 10.8. The van der Waals surface area contributed by atoms with Gasteiger partial charge in [0.05, 0.1) is 16.3 Å². The van der Waals surface area contributed by atoms with E-state index in [1.165, 1.54) is 0 Å². The van der Waals surface area contributed by atoms with Crippen molar-refractivity contribution in [2.24, 2.45) is 0 Å². The summed E-state index contributed by atoms with van der Waals surface area (Å²) >= 11 is 5.98. The summed E-state index contributed by atoms with van der Waals surface area (Å²) in [5.74, 6) is 1.32. The molecule has 3 nitrogen and oxygen atoms in total. The average molecular weight is 273 g/mol. The monoisotopic (exact) mass is 272 g/mol. The van der Waals surface area contributed by atoms with Gasteiger partial charge < -0.3 is 4.74 Å². The van der Waals surface area contributed by atoms with Crippen LogP contribution in [0.15, 0.2) is 30.3 Å². The van der Waals surface area contributed by atoms with Gasteiger partial charge in [0, 0.05) is 11.8 Å². The standard InChI is InChI=1S/C15H13ClN2O/c1-3-14-15(7-4-10(2)18-14)19-12-6-5-11(9-17)13(16)8-12/h4-8H,3H2,1-2H3. The molecule has 0 bridgehead atoms. The normalized spacial score (nSPS) is 10.0. The number of hydrogen-bond donors (Lipinski definition) is 0. The van der Waals surface area contributed by atoms with Crippen LogP contribution in [0.4, 0.5) is 0 Å². The topological polar surface area (TPSA) is 45.9 Å². The fourth-order valence-corrected chi connectivity index (χ4v) is 1.93. The van der Waals surface area contributed by atoms with Gasteiger partial charge in [0.25, 0.3) is 0 Å². The number of nitriles is 1. The highest BCUT2D eigenvalue weighted by Crippen LogP contribution is 2.28. The van der Waals surface area contributed by atoms with Crippen molar-refractivity contribution < 1.29 is 4.74 Å². The summed E-state index contributed by atoms with van der Waals surface area (Å²) in [5.41, 5.74) is 2.30. The number of ether oxygens (including phenoxy) is 1. The van der Waals surface area contributed by atoms with Gasteiger partial charge in [-0.05, 0) is 37.6 Å². The third-order valence-electron chi connectivity index (χ3n) is 2.70. The van der Waals surface area contributed by atoms with Gasteiger partial charge in [0.15, 0.2) is 0 Å². The molecule has 2 aromatic rings. The quantitative estimate of drug-likeness (QED) is 0.838. The number of aromatic nitrogens is 1. The molecular weight excluding hydrogens is 260 g/mol. The minimum absolute atomic E-state index is 0.387. The largest absolute Gasteiger partial charge is 0.455 e. The molecule has 0 radical (unpaired) electrons. The van der Waals surface area contributed by atoms with Crippen LogP contribution in [-0.2, 0) is 6.42 Å². The number of hydrogen-bond acceptors (Lipinski definition) is 3. The minimum Gasteiger partial charge on any atom is -0.455 e.